The third-order valence-electron chi connectivity index (χ3n) is 3.12. The lowest BCUT2D eigenvalue weighted by atomic mass is 10.1. The van der Waals surface area contributed by atoms with Gasteiger partial charge in [0.15, 0.2) is 0 Å². The third-order valence-corrected chi connectivity index (χ3v) is 3.12. The van der Waals surface area contributed by atoms with Crippen molar-refractivity contribution in [2.45, 2.75) is 31.6 Å². The summed E-state index contributed by atoms with van der Waals surface area (Å²) in [5, 5.41) is 5.78. The Labute approximate surface area is 109 Å². The van der Waals surface area contributed by atoms with Crippen molar-refractivity contribution in [1.82, 2.24) is 10.6 Å². The molecule has 0 bridgehead atoms. The van der Waals surface area contributed by atoms with Crippen LogP contribution in [0.1, 0.15) is 24.0 Å². The van der Waals surface area contributed by atoms with Gasteiger partial charge in [0.05, 0.1) is 11.6 Å². The molecule has 104 valence electrons. The van der Waals surface area contributed by atoms with Crippen LogP contribution >= 0.6 is 0 Å². The van der Waals surface area contributed by atoms with Gasteiger partial charge >= 0.3 is 6.18 Å². The van der Waals surface area contributed by atoms with Crippen LogP contribution in [0, 0.1) is 0 Å². The molecule has 1 aromatic rings. The van der Waals surface area contributed by atoms with Gasteiger partial charge in [-0.1, -0.05) is 12.1 Å². The molecule has 1 aliphatic rings. The second-order valence-corrected chi connectivity index (χ2v) is 4.56. The maximum atomic E-state index is 12.4. The van der Waals surface area contributed by atoms with Gasteiger partial charge in [0.25, 0.3) is 0 Å². The highest BCUT2D eigenvalue weighted by Crippen LogP contribution is 2.29. The van der Waals surface area contributed by atoms with Gasteiger partial charge in [0, 0.05) is 6.54 Å². The highest BCUT2D eigenvalue weighted by Gasteiger charge is 2.30. The number of hydrogen-bond donors (Lipinski definition) is 2. The first-order valence-electron chi connectivity index (χ1n) is 6.14. The van der Waals surface area contributed by atoms with Crippen LogP contribution in [-0.4, -0.2) is 18.5 Å². The maximum Gasteiger partial charge on any atom is 0.416 e. The van der Waals surface area contributed by atoms with Gasteiger partial charge in [-0.15, -0.1) is 0 Å². The minimum Gasteiger partial charge on any atom is -0.351 e. The molecular weight excluding hydrogens is 257 g/mol. The van der Waals surface area contributed by atoms with Crippen molar-refractivity contribution in [2.75, 3.05) is 6.54 Å². The first kappa shape index (κ1) is 13.9. The molecule has 1 aromatic carbocycles. The van der Waals surface area contributed by atoms with Crippen molar-refractivity contribution in [3.05, 3.63) is 35.4 Å². The first-order valence-corrected chi connectivity index (χ1v) is 6.14. The summed E-state index contributed by atoms with van der Waals surface area (Å²) in [7, 11) is 0. The van der Waals surface area contributed by atoms with E-state index in [1.807, 2.05) is 0 Å². The monoisotopic (exact) mass is 272 g/mol. The number of nitrogens with one attached hydrogen (secondary N) is 2. The molecule has 6 heteroatoms. The van der Waals surface area contributed by atoms with Crippen LogP contribution in [0.5, 0.6) is 0 Å². The molecule has 19 heavy (non-hydrogen) atoms. The standard InChI is InChI=1S/C13H15F3N2O/c14-13(15,16)10-5-3-9(4-6-10)8-18-12(19)11-2-1-7-17-11/h3-6,11,17H,1-2,7-8H2,(H,18,19)/t11-/m1/s1. The number of carbonyl (C=O) groups excluding carboxylic acids is 1. The van der Waals surface area contributed by atoms with Crippen LogP contribution in [0.15, 0.2) is 24.3 Å². The molecule has 2 N–H and O–H groups in total. The summed E-state index contributed by atoms with van der Waals surface area (Å²) >= 11 is 0. The minimum absolute atomic E-state index is 0.0996. The average Bonchev–Trinajstić information content (AvgIpc) is 2.89. The third kappa shape index (κ3) is 3.70. The molecule has 1 atom stereocenters. The van der Waals surface area contributed by atoms with Crippen LogP contribution in [0.4, 0.5) is 13.2 Å². The van der Waals surface area contributed by atoms with Crippen LogP contribution in [0.25, 0.3) is 0 Å². The molecule has 0 aliphatic carbocycles. The van der Waals surface area contributed by atoms with Gasteiger partial charge in [-0.3, -0.25) is 4.79 Å². The predicted octanol–water partition coefficient (Wildman–Crippen LogP) is 2.07. The van der Waals surface area contributed by atoms with Crippen molar-refractivity contribution in [2.24, 2.45) is 0 Å². The maximum absolute atomic E-state index is 12.4. The fourth-order valence-electron chi connectivity index (χ4n) is 2.03. The molecule has 0 unspecified atom stereocenters. The van der Waals surface area contributed by atoms with Crippen LogP contribution in [0.2, 0.25) is 0 Å². The molecule has 2 rings (SSSR count). The van der Waals surface area contributed by atoms with Gasteiger partial charge in [0.2, 0.25) is 5.91 Å². The smallest absolute Gasteiger partial charge is 0.351 e. The van der Waals surface area contributed by atoms with E-state index < -0.39 is 11.7 Å². The van der Waals surface area contributed by atoms with Crippen LogP contribution in [0.3, 0.4) is 0 Å². The summed E-state index contributed by atoms with van der Waals surface area (Å²) in [6.07, 6.45) is -2.55. The largest absolute Gasteiger partial charge is 0.416 e. The minimum atomic E-state index is -4.32. The Morgan fingerprint density at radius 1 is 1.32 bits per heavy atom. The second kappa shape index (κ2) is 5.61. The van der Waals surface area contributed by atoms with Gasteiger partial charge in [-0.05, 0) is 37.1 Å². The number of amides is 1. The van der Waals surface area contributed by atoms with E-state index in [2.05, 4.69) is 10.6 Å². The van der Waals surface area contributed by atoms with Gasteiger partial charge in [0.1, 0.15) is 0 Å². The molecule has 0 saturated carbocycles. The fraction of sp³-hybridized carbons (Fsp3) is 0.462. The number of benzene rings is 1. The normalized spacial score (nSPS) is 19.4. The number of carbonyl (C=O) groups is 1. The molecule has 1 aliphatic heterocycles. The summed E-state index contributed by atoms with van der Waals surface area (Å²) in [4.78, 5) is 11.7. The summed E-state index contributed by atoms with van der Waals surface area (Å²) in [5.41, 5.74) is -0.0283. The van der Waals surface area contributed by atoms with Crippen molar-refractivity contribution >= 4 is 5.91 Å². The summed E-state index contributed by atoms with van der Waals surface area (Å²) < 4.78 is 37.1. The average molecular weight is 272 g/mol. The van der Waals surface area contributed by atoms with E-state index in [4.69, 9.17) is 0 Å². The zero-order chi connectivity index (χ0) is 13.9. The SMILES string of the molecule is O=C(NCc1ccc(C(F)(F)F)cc1)[C@H]1CCCN1. The van der Waals surface area contributed by atoms with Crippen molar-refractivity contribution in [3.8, 4) is 0 Å². The van der Waals surface area contributed by atoms with Crippen LogP contribution in [-0.2, 0) is 17.5 Å². The second-order valence-electron chi connectivity index (χ2n) is 4.56. The molecule has 1 heterocycles. The quantitative estimate of drug-likeness (QED) is 0.884. The fourth-order valence-corrected chi connectivity index (χ4v) is 2.03. The predicted molar refractivity (Wildman–Crippen MR) is 64.3 cm³/mol. The molecule has 3 nitrogen and oxygen atoms in total. The number of halogens is 3. The summed E-state index contributed by atoms with van der Waals surface area (Å²) in [6.45, 7) is 1.08. The Bertz CT molecular complexity index is 436. The van der Waals surface area contributed by atoms with E-state index in [9.17, 15) is 18.0 Å². The van der Waals surface area contributed by atoms with E-state index in [1.54, 1.807) is 0 Å². The Hall–Kier alpha value is -1.56. The molecule has 0 radical (unpaired) electrons. The molecule has 1 fully saturated rings. The van der Waals surface area contributed by atoms with E-state index in [1.165, 1.54) is 12.1 Å². The Balaban J connectivity index is 1.87. The lowest BCUT2D eigenvalue weighted by molar-refractivity contribution is -0.137. The zero-order valence-corrected chi connectivity index (χ0v) is 10.3. The van der Waals surface area contributed by atoms with E-state index >= 15 is 0 Å². The van der Waals surface area contributed by atoms with Crippen LogP contribution < -0.4 is 10.6 Å². The van der Waals surface area contributed by atoms with E-state index in [-0.39, 0.29) is 18.5 Å². The van der Waals surface area contributed by atoms with Crippen molar-refractivity contribution in [1.29, 1.82) is 0 Å². The zero-order valence-electron chi connectivity index (χ0n) is 10.3. The molecule has 0 aromatic heterocycles. The highest BCUT2D eigenvalue weighted by molar-refractivity contribution is 5.81. The van der Waals surface area contributed by atoms with Gasteiger partial charge in [-0.25, -0.2) is 0 Å². The van der Waals surface area contributed by atoms with E-state index in [0.29, 0.717) is 5.56 Å². The van der Waals surface area contributed by atoms with Gasteiger partial charge < -0.3 is 10.6 Å². The number of alkyl halides is 3. The first-order chi connectivity index (χ1) is 8.97. The van der Waals surface area contributed by atoms with Crippen molar-refractivity contribution in [3.63, 3.8) is 0 Å². The Morgan fingerprint density at radius 2 is 2.00 bits per heavy atom. The topological polar surface area (TPSA) is 41.1 Å². The number of rotatable bonds is 3. The summed E-state index contributed by atoms with van der Waals surface area (Å²) in [6, 6.07) is 4.63. The highest BCUT2D eigenvalue weighted by atomic mass is 19.4. The molecule has 1 amide bonds. The lowest BCUT2D eigenvalue weighted by Crippen LogP contribution is -2.39. The summed E-state index contributed by atoms with van der Waals surface area (Å²) in [5.74, 6) is -0.0996. The molecule has 1 saturated heterocycles. The molecule has 0 spiro atoms. The Kier molecular flexibility index (Phi) is 4.09. The van der Waals surface area contributed by atoms with E-state index in [0.717, 1.165) is 31.5 Å². The molecular formula is C13H15F3N2O. The van der Waals surface area contributed by atoms with Gasteiger partial charge in [-0.2, -0.15) is 13.2 Å². The lowest BCUT2D eigenvalue weighted by Gasteiger charge is -2.12. The Morgan fingerprint density at radius 3 is 2.53 bits per heavy atom. The van der Waals surface area contributed by atoms with Crippen molar-refractivity contribution < 1.29 is 18.0 Å². The number of hydrogen-bond acceptors (Lipinski definition) is 2.